The van der Waals surface area contributed by atoms with Crippen molar-refractivity contribution >= 4 is 17.7 Å². The molecule has 5 heteroatoms. The molecular formula is C32H37N3OS. The molecule has 37 heavy (non-hydrogen) atoms. The summed E-state index contributed by atoms with van der Waals surface area (Å²) in [5.41, 5.74) is 6.52. The second kappa shape index (κ2) is 12.3. The van der Waals surface area contributed by atoms with Crippen molar-refractivity contribution < 1.29 is 4.79 Å². The van der Waals surface area contributed by atoms with Crippen molar-refractivity contribution in [3.63, 3.8) is 0 Å². The van der Waals surface area contributed by atoms with Gasteiger partial charge in [-0.2, -0.15) is 0 Å². The minimum Gasteiger partial charge on any atom is -0.352 e. The molecule has 3 aromatic carbocycles. The topological polar surface area (TPSA) is 46.9 Å². The zero-order valence-electron chi connectivity index (χ0n) is 22.3. The van der Waals surface area contributed by atoms with Gasteiger partial charge in [-0.1, -0.05) is 112 Å². The van der Waals surface area contributed by atoms with Gasteiger partial charge in [-0.3, -0.25) is 4.79 Å². The quantitative estimate of drug-likeness (QED) is 0.174. The van der Waals surface area contributed by atoms with E-state index in [0.29, 0.717) is 12.1 Å². The van der Waals surface area contributed by atoms with Crippen LogP contribution in [-0.4, -0.2) is 27.8 Å². The van der Waals surface area contributed by atoms with Crippen LogP contribution < -0.4 is 5.32 Å². The van der Waals surface area contributed by atoms with Crippen LogP contribution in [0.5, 0.6) is 0 Å². The van der Waals surface area contributed by atoms with E-state index >= 15 is 0 Å². The lowest BCUT2D eigenvalue weighted by molar-refractivity contribution is 0.0953. The van der Waals surface area contributed by atoms with Gasteiger partial charge in [-0.25, -0.2) is 4.98 Å². The molecule has 0 aliphatic heterocycles. The fourth-order valence-electron chi connectivity index (χ4n) is 4.32. The molecule has 0 fully saturated rings. The Balaban J connectivity index is 1.43. The number of benzene rings is 3. The lowest BCUT2D eigenvalue weighted by Crippen LogP contribution is -2.25. The van der Waals surface area contributed by atoms with Crippen molar-refractivity contribution in [2.75, 3.05) is 12.3 Å². The summed E-state index contributed by atoms with van der Waals surface area (Å²) in [5.74, 6) is 0.863. The number of rotatable bonds is 10. The number of imidazole rings is 1. The zero-order chi connectivity index (χ0) is 26.3. The predicted octanol–water partition coefficient (Wildman–Crippen LogP) is 7.84. The standard InChI is InChI=1S/C32H37N3OS/c1-5-22-35-29(25-15-10-7-11-16-25)28(24-13-8-6-9-14-24)34-31(35)37-23-12-21-33-30(36)26-17-19-27(20-18-26)32(2,3)4/h6-11,13-20H,5,12,21-23H2,1-4H3,(H,33,36). The molecule has 0 aliphatic carbocycles. The van der Waals surface area contributed by atoms with E-state index in [1.165, 1.54) is 16.8 Å². The van der Waals surface area contributed by atoms with Crippen molar-refractivity contribution in [2.45, 2.75) is 57.7 Å². The SMILES string of the molecule is CCCn1c(SCCCNC(=O)c2ccc(C(C)(C)C)cc2)nc(-c2ccccc2)c1-c1ccccc1. The summed E-state index contributed by atoms with van der Waals surface area (Å²) in [5, 5.41) is 4.10. The second-order valence-corrected chi connectivity index (χ2v) is 11.3. The lowest BCUT2D eigenvalue weighted by Gasteiger charge is -2.19. The predicted molar refractivity (Wildman–Crippen MR) is 156 cm³/mol. The highest BCUT2D eigenvalue weighted by molar-refractivity contribution is 7.99. The van der Waals surface area contributed by atoms with E-state index in [4.69, 9.17) is 4.98 Å². The number of amides is 1. The molecule has 4 nitrogen and oxygen atoms in total. The largest absolute Gasteiger partial charge is 0.352 e. The van der Waals surface area contributed by atoms with E-state index in [9.17, 15) is 4.79 Å². The smallest absolute Gasteiger partial charge is 0.251 e. The number of thioether (sulfide) groups is 1. The first-order chi connectivity index (χ1) is 17.9. The summed E-state index contributed by atoms with van der Waals surface area (Å²) in [6, 6.07) is 28.9. The van der Waals surface area contributed by atoms with Crippen LogP contribution in [0.1, 0.15) is 56.5 Å². The first-order valence-electron chi connectivity index (χ1n) is 13.1. The van der Waals surface area contributed by atoms with Crippen LogP contribution in [0.25, 0.3) is 22.5 Å². The molecule has 0 unspecified atom stereocenters. The highest BCUT2D eigenvalue weighted by Gasteiger charge is 2.20. The summed E-state index contributed by atoms with van der Waals surface area (Å²) >= 11 is 1.76. The van der Waals surface area contributed by atoms with Crippen molar-refractivity contribution in [3.8, 4) is 22.5 Å². The Morgan fingerprint density at radius 1 is 0.892 bits per heavy atom. The average molecular weight is 512 g/mol. The normalized spacial score (nSPS) is 11.5. The first kappa shape index (κ1) is 26.7. The van der Waals surface area contributed by atoms with Crippen LogP contribution in [-0.2, 0) is 12.0 Å². The molecule has 0 saturated carbocycles. The highest BCUT2D eigenvalue weighted by atomic mass is 32.2. The third-order valence-electron chi connectivity index (χ3n) is 6.33. The van der Waals surface area contributed by atoms with Gasteiger partial charge in [0.15, 0.2) is 5.16 Å². The van der Waals surface area contributed by atoms with Crippen LogP contribution in [0.4, 0.5) is 0 Å². The number of aromatic nitrogens is 2. The number of hydrogen-bond donors (Lipinski definition) is 1. The molecule has 1 heterocycles. The van der Waals surface area contributed by atoms with E-state index in [1.54, 1.807) is 11.8 Å². The van der Waals surface area contributed by atoms with Crippen molar-refractivity contribution in [1.82, 2.24) is 14.9 Å². The summed E-state index contributed by atoms with van der Waals surface area (Å²) in [6.07, 6.45) is 1.90. The maximum atomic E-state index is 12.6. The van der Waals surface area contributed by atoms with Crippen LogP contribution in [0.2, 0.25) is 0 Å². The molecule has 1 aromatic heterocycles. The Kier molecular flexibility index (Phi) is 8.88. The van der Waals surface area contributed by atoms with Crippen molar-refractivity contribution in [3.05, 3.63) is 96.1 Å². The molecule has 0 spiro atoms. The highest BCUT2D eigenvalue weighted by Crippen LogP contribution is 2.36. The molecule has 1 N–H and O–H groups in total. The lowest BCUT2D eigenvalue weighted by atomic mass is 9.87. The van der Waals surface area contributed by atoms with Crippen molar-refractivity contribution in [2.24, 2.45) is 0 Å². The fraction of sp³-hybridized carbons (Fsp3) is 0.312. The number of carbonyl (C=O) groups excluding carboxylic acids is 1. The Morgan fingerprint density at radius 3 is 2.11 bits per heavy atom. The molecule has 0 bridgehead atoms. The minimum atomic E-state index is -0.0179. The number of nitrogens with zero attached hydrogens (tertiary/aromatic N) is 2. The van der Waals surface area contributed by atoms with E-state index in [1.807, 2.05) is 30.3 Å². The van der Waals surface area contributed by atoms with E-state index < -0.39 is 0 Å². The minimum absolute atomic E-state index is 0.0179. The molecule has 0 aliphatic rings. The number of nitrogens with one attached hydrogen (secondary N) is 1. The van der Waals surface area contributed by atoms with E-state index in [-0.39, 0.29) is 11.3 Å². The second-order valence-electron chi connectivity index (χ2n) is 10.3. The third kappa shape index (κ3) is 6.72. The number of carbonyl (C=O) groups is 1. The van der Waals surface area contributed by atoms with E-state index in [2.05, 4.69) is 92.2 Å². The summed E-state index contributed by atoms with van der Waals surface area (Å²) in [7, 11) is 0. The van der Waals surface area contributed by atoms with Crippen LogP contribution in [0.3, 0.4) is 0 Å². The molecule has 1 amide bonds. The van der Waals surface area contributed by atoms with Gasteiger partial charge in [-0.15, -0.1) is 0 Å². The van der Waals surface area contributed by atoms with Crippen LogP contribution >= 0.6 is 11.8 Å². The summed E-state index contributed by atoms with van der Waals surface area (Å²) in [6.45, 7) is 10.3. The van der Waals surface area contributed by atoms with Crippen LogP contribution in [0, 0.1) is 0 Å². The Labute approximate surface area is 225 Å². The molecule has 0 atom stereocenters. The van der Waals surface area contributed by atoms with Gasteiger partial charge in [0.2, 0.25) is 0 Å². The van der Waals surface area contributed by atoms with Gasteiger partial charge >= 0.3 is 0 Å². The van der Waals surface area contributed by atoms with Gasteiger partial charge in [0.05, 0.1) is 11.4 Å². The zero-order valence-corrected chi connectivity index (χ0v) is 23.1. The maximum Gasteiger partial charge on any atom is 0.251 e. The molecular weight excluding hydrogens is 474 g/mol. The van der Waals surface area contributed by atoms with Gasteiger partial charge in [0, 0.05) is 35.5 Å². The fourth-order valence-corrected chi connectivity index (χ4v) is 5.29. The Hall–Kier alpha value is -3.31. The maximum absolute atomic E-state index is 12.6. The average Bonchev–Trinajstić information content (AvgIpc) is 3.27. The van der Waals surface area contributed by atoms with Gasteiger partial charge in [0.25, 0.3) is 5.91 Å². The molecule has 4 rings (SSSR count). The van der Waals surface area contributed by atoms with Gasteiger partial charge < -0.3 is 9.88 Å². The molecule has 0 saturated heterocycles. The molecule has 4 aromatic rings. The first-order valence-corrected chi connectivity index (χ1v) is 14.1. The summed E-state index contributed by atoms with van der Waals surface area (Å²) in [4.78, 5) is 17.7. The monoisotopic (exact) mass is 511 g/mol. The third-order valence-corrected chi connectivity index (χ3v) is 7.39. The Bertz CT molecular complexity index is 1290. The van der Waals surface area contributed by atoms with E-state index in [0.717, 1.165) is 41.6 Å². The molecule has 192 valence electrons. The van der Waals surface area contributed by atoms with Gasteiger partial charge in [0.1, 0.15) is 0 Å². The number of hydrogen-bond acceptors (Lipinski definition) is 3. The van der Waals surface area contributed by atoms with Crippen LogP contribution in [0.15, 0.2) is 90.1 Å². The Morgan fingerprint density at radius 2 is 1.51 bits per heavy atom. The van der Waals surface area contributed by atoms with Gasteiger partial charge in [-0.05, 0) is 36.0 Å². The molecule has 0 radical (unpaired) electrons. The van der Waals surface area contributed by atoms with Crippen molar-refractivity contribution in [1.29, 1.82) is 0 Å². The summed E-state index contributed by atoms with van der Waals surface area (Å²) < 4.78 is 2.36.